The molecule has 2 aromatic carbocycles. The molecule has 2 aromatic rings. The first kappa shape index (κ1) is 28.6. The molecular formula is C27H33ClF4N2O2. The molecule has 198 valence electrons. The lowest BCUT2D eigenvalue weighted by Gasteiger charge is -2.45. The largest absolute Gasteiger partial charge is 0.384 e. The van der Waals surface area contributed by atoms with Crippen molar-refractivity contribution in [1.82, 2.24) is 10.2 Å². The Bertz CT molecular complexity index is 1100. The van der Waals surface area contributed by atoms with Crippen LogP contribution >= 0.6 is 12.4 Å². The van der Waals surface area contributed by atoms with Gasteiger partial charge in [-0.2, -0.15) is 0 Å². The minimum atomic E-state index is -1.67. The molecule has 4 rings (SSSR count). The van der Waals surface area contributed by atoms with E-state index in [4.69, 9.17) is 0 Å². The molecule has 0 amide bonds. The second-order valence-electron chi connectivity index (χ2n) is 10.3. The molecule has 4 nitrogen and oxygen atoms in total. The van der Waals surface area contributed by atoms with Gasteiger partial charge in [-0.15, -0.1) is 12.4 Å². The van der Waals surface area contributed by atoms with Crippen molar-refractivity contribution in [1.29, 1.82) is 0 Å². The van der Waals surface area contributed by atoms with Crippen LogP contribution in [0.25, 0.3) is 0 Å². The summed E-state index contributed by atoms with van der Waals surface area (Å²) in [6, 6.07) is 6.64. The Balaban J connectivity index is 0.00000361. The van der Waals surface area contributed by atoms with Gasteiger partial charge in [0.25, 0.3) is 0 Å². The predicted molar refractivity (Wildman–Crippen MR) is 132 cm³/mol. The Kier molecular flexibility index (Phi) is 8.87. The molecule has 9 heteroatoms. The van der Waals surface area contributed by atoms with Crippen LogP contribution in [-0.2, 0) is 10.4 Å². The topological polar surface area (TPSA) is 52.6 Å². The van der Waals surface area contributed by atoms with Gasteiger partial charge in [0.2, 0.25) is 0 Å². The van der Waals surface area contributed by atoms with Gasteiger partial charge in [0.05, 0.1) is 0 Å². The zero-order valence-corrected chi connectivity index (χ0v) is 21.4. The third kappa shape index (κ3) is 5.32. The van der Waals surface area contributed by atoms with Gasteiger partial charge in [-0.3, -0.25) is 9.69 Å². The van der Waals surface area contributed by atoms with Crippen LogP contribution in [-0.4, -0.2) is 48.0 Å². The smallest absolute Gasteiger partial charge is 0.138 e. The maximum atomic E-state index is 14.8. The number of hydrogen-bond donors (Lipinski definition) is 2. The number of benzene rings is 2. The number of carbonyl (C=O) groups excluding carboxylic acids is 1. The number of nitrogens with zero attached hydrogens (tertiary/aromatic N) is 1. The first-order chi connectivity index (χ1) is 16.5. The van der Waals surface area contributed by atoms with Crippen molar-refractivity contribution >= 4 is 18.2 Å². The van der Waals surface area contributed by atoms with Crippen LogP contribution in [0.2, 0.25) is 0 Å². The summed E-state index contributed by atoms with van der Waals surface area (Å²) in [7, 11) is 0. The number of piperidine rings is 1. The number of aliphatic hydroxyl groups is 1. The third-order valence-electron chi connectivity index (χ3n) is 7.88. The van der Waals surface area contributed by atoms with Gasteiger partial charge >= 0.3 is 0 Å². The van der Waals surface area contributed by atoms with E-state index in [0.717, 1.165) is 18.2 Å². The molecule has 0 aromatic heterocycles. The van der Waals surface area contributed by atoms with Crippen LogP contribution in [0.15, 0.2) is 36.4 Å². The molecule has 2 saturated heterocycles. The second-order valence-corrected chi connectivity index (χ2v) is 10.3. The monoisotopic (exact) mass is 528 g/mol. The predicted octanol–water partition coefficient (Wildman–Crippen LogP) is 4.79. The molecule has 2 heterocycles. The maximum absolute atomic E-state index is 14.8. The van der Waals surface area contributed by atoms with Crippen LogP contribution in [0.1, 0.15) is 44.2 Å². The van der Waals surface area contributed by atoms with E-state index in [1.807, 2.05) is 13.8 Å². The number of ketones is 1. The minimum Gasteiger partial charge on any atom is -0.384 e. The highest BCUT2D eigenvalue weighted by atomic mass is 35.5. The van der Waals surface area contributed by atoms with E-state index in [1.165, 1.54) is 18.2 Å². The van der Waals surface area contributed by atoms with Crippen LogP contribution in [0.3, 0.4) is 0 Å². The lowest BCUT2D eigenvalue weighted by Crippen LogP contribution is -2.55. The van der Waals surface area contributed by atoms with Gasteiger partial charge < -0.3 is 10.4 Å². The molecule has 5 atom stereocenters. The zero-order chi connectivity index (χ0) is 25.5. The van der Waals surface area contributed by atoms with E-state index >= 15 is 0 Å². The Morgan fingerprint density at radius 3 is 2.31 bits per heavy atom. The highest BCUT2D eigenvalue weighted by Gasteiger charge is 2.49. The summed E-state index contributed by atoms with van der Waals surface area (Å²) < 4.78 is 56.6. The molecule has 2 N–H and O–H groups in total. The maximum Gasteiger partial charge on any atom is 0.138 e. The van der Waals surface area contributed by atoms with Gasteiger partial charge in [-0.1, -0.05) is 19.1 Å². The van der Waals surface area contributed by atoms with Crippen molar-refractivity contribution in [2.75, 3.05) is 26.2 Å². The molecule has 2 fully saturated rings. The summed E-state index contributed by atoms with van der Waals surface area (Å²) >= 11 is 0. The van der Waals surface area contributed by atoms with Crippen LogP contribution in [0, 0.1) is 41.0 Å². The van der Waals surface area contributed by atoms with E-state index in [1.54, 1.807) is 6.92 Å². The number of carbonyl (C=O) groups is 1. The quantitative estimate of drug-likeness (QED) is 0.529. The molecule has 2 aliphatic heterocycles. The molecular weight excluding hydrogens is 496 g/mol. The Morgan fingerprint density at radius 2 is 1.69 bits per heavy atom. The van der Waals surface area contributed by atoms with Crippen molar-refractivity contribution in [2.45, 2.75) is 44.8 Å². The number of hydrogen-bond acceptors (Lipinski definition) is 4. The summed E-state index contributed by atoms with van der Waals surface area (Å²) in [5.41, 5.74) is -1.41. The molecule has 2 aliphatic rings. The molecule has 0 radical (unpaired) electrons. The van der Waals surface area contributed by atoms with Crippen molar-refractivity contribution in [3.05, 3.63) is 70.8 Å². The van der Waals surface area contributed by atoms with E-state index in [2.05, 4.69) is 10.2 Å². The lowest BCUT2D eigenvalue weighted by molar-refractivity contribution is -0.132. The average molecular weight is 529 g/mol. The number of rotatable bonds is 6. The molecule has 36 heavy (non-hydrogen) atoms. The van der Waals surface area contributed by atoms with Gasteiger partial charge in [-0.25, -0.2) is 17.6 Å². The standard InChI is InChI=1S/C27H32F4N2O2.ClH/c1-15(2)33-13-21(20-6-4-18(28)9-24(20)30)22(14-33)26(34)8-17-12-32-11-16(3)27(17,35)23-7-5-19(29)10-25(23)31;/h4-7,9-10,15-17,21-22,32,35H,8,11-14H2,1-3H3;1H/t16-,17+,21-,22+,27+;/m0./s1. The summed E-state index contributed by atoms with van der Waals surface area (Å²) in [5, 5.41) is 15.0. The number of likely N-dealkylation sites (tertiary alicyclic amines) is 1. The lowest BCUT2D eigenvalue weighted by atomic mass is 9.67. The molecule has 0 spiro atoms. The average Bonchev–Trinajstić information content (AvgIpc) is 3.22. The SMILES string of the molecule is CC(C)N1C[C@@H](C(=O)C[C@@H]2CNC[C@H](C)[C@]2(O)c2ccc(F)cc2F)[C@H](c2ccc(F)cc2F)C1.Cl. The van der Waals surface area contributed by atoms with E-state index in [-0.39, 0.29) is 42.8 Å². The molecule has 0 bridgehead atoms. The number of halogens is 5. The fraction of sp³-hybridized carbons (Fsp3) is 0.519. The van der Waals surface area contributed by atoms with Gasteiger partial charge in [0, 0.05) is 80.0 Å². The van der Waals surface area contributed by atoms with E-state index in [0.29, 0.717) is 25.2 Å². The van der Waals surface area contributed by atoms with Crippen molar-refractivity contribution in [3.63, 3.8) is 0 Å². The Labute approximate surface area is 215 Å². The fourth-order valence-corrected chi connectivity index (χ4v) is 5.81. The third-order valence-corrected chi connectivity index (χ3v) is 7.88. The molecule has 0 aliphatic carbocycles. The van der Waals surface area contributed by atoms with Gasteiger partial charge in [0.1, 0.15) is 34.7 Å². The summed E-state index contributed by atoms with van der Waals surface area (Å²) in [4.78, 5) is 15.8. The first-order valence-electron chi connectivity index (χ1n) is 12.1. The molecule has 0 unspecified atom stereocenters. The number of Topliss-reactive ketones (excluding diaryl/α,β-unsaturated/α-hetero) is 1. The highest BCUT2D eigenvalue weighted by Crippen LogP contribution is 2.44. The van der Waals surface area contributed by atoms with Gasteiger partial charge in [0.15, 0.2) is 0 Å². The highest BCUT2D eigenvalue weighted by molar-refractivity contribution is 5.85. The first-order valence-corrected chi connectivity index (χ1v) is 12.1. The normalized spacial score (nSPS) is 28.8. The second kappa shape index (κ2) is 11.2. The van der Waals surface area contributed by atoms with Crippen molar-refractivity contribution in [3.8, 4) is 0 Å². The van der Waals surface area contributed by atoms with Crippen LogP contribution < -0.4 is 5.32 Å². The summed E-state index contributed by atoms with van der Waals surface area (Å²) in [6.07, 6.45) is -0.0550. The summed E-state index contributed by atoms with van der Waals surface area (Å²) in [5.74, 6) is -5.24. The fourth-order valence-electron chi connectivity index (χ4n) is 5.81. The summed E-state index contributed by atoms with van der Waals surface area (Å²) in [6.45, 7) is 7.30. The van der Waals surface area contributed by atoms with E-state index < -0.39 is 52.5 Å². The van der Waals surface area contributed by atoms with Crippen molar-refractivity contribution in [2.24, 2.45) is 17.8 Å². The van der Waals surface area contributed by atoms with Crippen LogP contribution in [0.4, 0.5) is 17.6 Å². The Hall–Kier alpha value is -2.00. The number of nitrogens with one attached hydrogen (secondary N) is 1. The van der Waals surface area contributed by atoms with E-state index in [9.17, 15) is 27.5 Å². The minimum absolute atomic E-state index is 0. The van der Waals surface area contributed by atoms with Crippen molar-refractivity contribution < 1.29 is 27.5 Å². The zero-order valence-electron chi connectivity index (χ0n) is 20.6. The van der Waals surface area contributed by atoms with Crippen LogP contribution in [0.5, 0.6) is 0 Å². The van der Waals surface area contributed by atoms with Gasteiger partial charge in [-0.05, 0) is 31.5 Å². The molecule has 0 saturated carbocycles. The Morgan fingerprint density at radius 1 is 1.06 bits per heavy atom.